The first-order valence-corrected chi connectivity index (χ1v) is 6.37. The molecule has 2 aromatic rings. The standard InChI is InChI=1S/C14H11N3O6/c18-14(19)7-9-6-11(4-5-13(9)17(22)23)15-10-2-1-3-12(8-10)16(20)21/h1-6,8,15H,7H2,(H,18,19). The van der Waals surface area contributed by atoms with Gasteiger partial charge in [-0.3, -0.25) is 25.0 Å². The number of hydrogen-bond acceptors (Lipinski definition) is 6. The van der Waals surface area contributed by atoms with E-state index in [-0.39, 0.29) is 16.9 Å². The van der Waals surface area contributed by atoms with Gasteiger partial charge in [0, 0.05) is 35.1 Å². The van der Waals surface area contributed by atoms with Gasteiger partial charge in [0.05, 0.1) is 16.3 Å². The van der Waals surface area contributed by atoms with Crippen molar-refractivity contribution >= 4 is 28.7 Å². The normalized spacial score (nSPS) is 10.1. The molecule has 0 unspecified atom stereocenters. The van der Waals surface area contributed by atoms with Crippen LogP contribution in [0.2, 0.25) is 0 Å². The molecule has 0 spiro atoms. The number of hydrogen-bond donors (Lipinski definition) is 2. The highest BCUT2D eigenvalue weighted by atomic mass is 16.6. The lowest BCUT2D eigenvalue weighted by atomic mass is 10.1. The minimum Gasteiger partial charge on any atom is -0.481 e. The Labute approximate surface area is 129 Å². The number of nitro benzene ring substituents is 2. The van der Waals surface area contributed by atoms with E-state index >= 15 is 0 Å². The van der Waals surface area contributed by atoms with E-state index in [1.807, 2.05) is 0 Å². The molecule has 2 aromatic carbocycles. The van der Waals surface area contributed by atoms with Gasteiger partial charge in [0.1, 0.15) is 0 Å². The van der Waals surface area contributed by atoms with Crippen LogP contribution in [0.4, 0.5) is 22.7 Å². The monoisotopic (exact) mass is 317 g/mol. The summed E-state index contributed by atoms with van der Waals surface area (Å²) >= 11 is 0. The van der Waals surface area contributed by atoms with Gasteiger partial charge >= 0.3 is 5.97 Å². The highest BCUT2D eigenvalue weighted by Gasteiger charge is 2.17. The minimum atomic E-state index is -1.19. The van der Waals surface area contributed by atoms with Crippen molar-refractivity contribution in [2.45, 2.75) is 6.42 Å². The predicted octanol–water partition coefficient (Wildman–Crippen LogP) is 2.87. The third kappa shape index (κ3) is 4.00. The topological polar surface area (TPSA) is 136 Å². The van der Waals surface area contributed by atoms with E-state index < -0.39 is 22.2 Å². The van der Waals surface area contributed by atoms with Crippen molar-refractivity contribution in [3.63, 3.8) is 0 Å². The molecule has 0 bridgehead atoms. The van der Waals surface area contributed by atoms with E-state index in [1.165, 1.54) is 36.4 Å². The minimum absolute atomic E-state index is 0.0398. The maximum atomic E-state index is 10.9. The third-order valence-electron chi connectivity index (χ3n) is 2.96. The summed E-state index contributed by atoms with van der Waals surface area (Å²) in [7, 11) is 0. The number of nitro groups is 2. The van der Waals surface area contributed by atoms with Gasteiger partial charge in [0.15, 0.2) is 0 Å². The zero-order chi connectivity index (χ0) is 17.0. The van der Waals surface area contributed by atoms with E-state index in [4.69, 9.17) is 5.11 Å². The SMILES string of the molecule is O=C(O)Cc1cc(Nc2cccc([N+](=O)[O-])c2)ccc1[N+](=O)[O-]. The highest BCUT2D eigenvalue weighted by molar-refractivity contribution is 5.74. The number of carbonyl (C=O) groups is 1. The van der Waals surface area contributed by atoms with Crippen LogP contribution in [0.25, 0.3) is 0 Å². The number of benzene rings is 2. The Hall–Kier alpha value is -3.49. The molecule has 0 heterocycles. The molecule has 0 aliphatic heterocycles. The van der Waals surface area contributed by atoms with Crippen molar-refractivity contribution in [3.05, 3.63) is 68.3 Å². The summed E-state index contributed by atoms with van der Waals surface area (Å²) in [6.07, 6.45) is -0.499. The summed E-state index contributed by atoms with van der Waals surface area (Å²) in [5.41, 5.74) is 0.444. The zero-order valence-corrected chi connectivity index (χ0v) is 11.6. The Morgan fingerprint density at radius 1 is 1.04 bits per heavy atom. The van der Waals surface area contributed by atoms with E-state index in [9.17, 15) is 25.0 Å². The number of nitrogens with one attached hydrogen (secondary N) is 1. The van der Waals surface area contributed by atoms with Crippen LogP contribution in [0.3, 0.4) is 0 Å². The van der Waals surface area contributed by atoms with Gasteiger partial charge in [-0.05, 0) is 18.2 Å². The van der Waals surface area contributed by atoms with Gasteiger partial charge < -0.3 is 10.4 Å². The molecule has 0 saturated heterocycles. The summed E-state index contributed by atoms with van der Waals surface area (Å²) in [4.78, 5) is 31.3. The van der Waals surface area contributed by atoms with Gasteiger partial charge in [-0.1, -0.05) is 6.07 Å². The molecule has 9 nitrogen and oxygen atoms in total. The number of anilines is 2. The number of carboxylic acid groups (broad SMARTS) is 1. The second-order valence-corrected chi connectivity index (χ2v) is 4.60. The smallest absolute Gasteiger partial charge is 0.308 e. The van der Waals surface area contributed by atoms with E-state index in [1.54, 1.807) is 6.07 Å². The lowest BCUT2D eigenvalue weighted by Gasteiger charge is -2.08. The quantitative estimate of drug-likeness (QED) is 0.617. The van der Waals surface area contributed by atoms with Crippen molar-refractivity contribution in [2.24, 2.45) is 0 Å². The second kappa shape index (κ2) is 6.52. The molecule has 0 aromatic heterocycles. The Balaban J connectivity index is 2.33. The van der Waals surface area contributed by atoms with Crippen LogP contribution >= 0.6 is 0 Å². The summed E-state index contributed by atoms with van der Waals surface area (Å²) in [6.45, 7) is 0. The summed E-state index contributed by atoms with van der Waals surface area (Å²) in [5.74, 6) is -1.19. The Morgan fingerprint density at radius 3 is 2.35 bits per heavy atom. The van der Waals surface area contributed by atoms with Crippen molar-refractivity contribution in [1.29, 1.82) is 0 Å². The predicted molar refractivity (Wildman–Crippen MR) is 80.8 cm³/mol. The number of non-ortho nitro benzene ring substituents is 1. The van der Waals surface area contributed by atoms with Crippen LogP contribution in [0.1, 0.15) is 5.56 Å². The van der Waals surface area contributed by atoms with Crippen molar-refractivity contribution in [1.82, 2.24) is 0 Å². The Morgan fingerprint density at radius 2 is 1.74 bits per heavy atom. The van der Waals surface area contributed by atoms with Gasteiger partial charge in [0.25, 0.3) is 11.4 Å². The summed E-state index contributed by atoms with van der Waals surface area (Å²) in [6, 6.07) is 9.65. The molecule has 118 valence electrons. The number of aliphatic carboxylic acids is 1. The van der Waals surface area contributed by atoms with E-state index in [0.29, 0.717) is 11.4 Å². The van der Waals surface area contributed by atoms with Crippen molar-refractivity contribution in [2.75, 3.05) is 5.32 Å². The molecule has 2 N–H and O–H groups in total. The molecule has 0 fully saturated rings. The first kappa shape index (κ1) is 15.9. The van der Waals surface area contributed by atoms with E-state index in [2.05, 4.69) is 5.32 Å². The maximum Gasteiger partial charge on any atom is 0.308 e. The Kier molecular flexibility index (Phi) is 4.50. The average molecular weight is 317 g/mol. The number of nitrogens with zero attached hydrogens (tertiary/aromatic N) is 2. The summed E-state index contributed by atoms with van der Waals surface area (Å²) < 4.78 is 0. The van der Waals surface area contributed by atoms with Crippen LogP contribution in [-0.2, 0) is 11.2 Å². The van der Waals surface area contributed by atoms with Gasteiger partial charge in [-0.2, -0.15) is 0 Å². The van der Waals surface area contributed by atoms with Gasteiger partial charge in [-0.25, -0.2) is 0 Å². The number of rotatable bonds is 6. The third-order valence-corrected chi connectivity index (χ3v) is 2.96. The van der Waals surface area contributed by atoms with E-state index in [0.717, 1.165) is 0 Å². The number of carboxylic acids is 1. The van der Waals surface area contributed by atoms with Crippen LogP contribution < -0.4 is 5.32 Å². The lowest BCUT2D eigenvalue weighted by molar-refractivity contribution is -0.385. The van der Waals surface area contributed by atoms with Crippen LogP contribution in [0.15, 0.2) is 42.5 Å². The molecule has 2 rings (SSSR count). The second-order valence-electron chi connectivity index (χ2n) is 4.60. The van der Waals surface area contributed by atoms with Crippen LogP contribution in [0.5, 0.6) is 0 Å². The fourth-order valence-electron chi connectivity index (χ4n) is 2.01. The average Bonchev–Trinajstić information content (AvgIpc) is 2.46. The van der Waals surface area contributed by atoms with Crippen LogP contribution in [-0.4, -0.2) is 20.9 Å². The van der Waals surface area contributed by atoms with Crippen molar-refractivity contribution < 1.29 is 19.7 Å². The van der Waals surface area contributed by atoms with Crippen molar-refractivity contribution in [3.8, 4) is 0 Å². The molecule has 9 heteroatoms. The molecule has 23 heavy (non-hydrogen) atoms. The van der Waals surface area contributed by atoms with Gasteiger partial charge in [-0.15, -0.1) is 0 Å². The molecule has 0 radical (unpaired) electrons. The zero-order valence-electron chi connectivity index (χ0n) is 11.6. The lowest BCUT2D eigenvalue weighted by Crippen LogP contribution is -2.04. The fraction of sp³-hybridized carbons (Fsp3) is 0.0714. The first-order chi connectivity index (χ1) is 10.9. The molecule has 0 saturated carbocycles. The molecule has 0 aliphatic rings. The molecule has 0 atom stereocenters. The molecule has 0 aliphatic carbocycles. The molecule has 0 amide bonds. The highest BCUT2D eigenvalue weighted by Crippen LogP contribution is 2.26. The Bertz CT molecular complexity index is 790. The fourth-order valence-corrected chi connectivity index (χ4v) is 2.01. The van der Waals surface area contributed by atoms with Gasteiger partial charge in [0.2, 0.25) is 0 Å². The molecular weight excluding hydrogens is 306 g/mol. The largest absolute Gasteiger partial charge is 0.481 e. The molecular formula is C14H11N3O6. The summed E-state index contributed by atoms with van der Waals surface area (Å²) in [5, 5.41) is 33.3. The van der Waals surface area contributed by atoms with Crippen LogP contribution in [0, 0.1) is 20.2 Å². The maximum absolute atomic E-state index is 10.9. The first-order valence-electron chi connectivity index (χ1n) is 6.37.